The molecule has 2 rings (SSSR count). The molecule has 122 valence electrons. The number of hydrogen-bond acceptors (Lipinski definition) is 4. The number of nitrogens with zero attached hydrogens (tertiary/aromatic N) is 2. The van der Waals surface area contributed by atoms with E-state index in [1.54, 1.807) is 0 Å². The number of likely N-dealkylation sites (tertiary alicyclic amines) is 1. The van der Waals surface area contributed by atoms with Gasteiger partial charge in [0, 0.05) is 45.2 Å². The number of alkyl halides is 3. The molecule has 0 aliphatic carbocycles. The Balaban J connectivity index is 1.88. The quantitative estimate of drug-likeness (QED) is 0.813. The van der Waals surface area contributed by atoms with E-state index in [1.807, 2.05) is 0 Å². The van der Waals surface area contributed by atoms with Crippen molar-refractivity contribution < 1.29 is 27.8 Å². The first-order chi connectivity index (χ1) is 9.89. The lowest BCUT2D eigenvalue weighted by molar-refractivity contribution is -0.160. The van der Waals surface area contributed by atoms with E-state index in [0.717, 1.165) is 13.1 Å². The number of halogens is 3. The zero-order valence-corrected chi connectivity index (χ0v) is 11.8. The second-order valence-corrected chi connectivity index (χ2v) is 5.71. The van der Waals surface area contributed by atoms with Crippen molar-refractivity contribution in [3.63, 3.8) is 0 Å². The highest BCUT2D eigenvalue weighted by molar-refractivity contribution is 5.77. The van der Waals surface area contributed by atoms with E-state index in [-0.39, 0.29) is 31.5 Å². The molecular formula is C13H21F3N2O3. The first-order valence-corrected chi connectivity index (χ1v) is 7.14. The summed E-state index contributed by atoms with van der Waals surface area (Å²) in [5.74, 6) is -1.03. The standard InChI is InChI=1S/C13H21F3N2O3/c14-13(15,16)5-12(20)18-7-10(11(8-18)9-19)6-17-1-3-21-4-2-17/h10-11,19H,1-9H2/t10-,11-/m1/s1. The Morgan fingerprint density at radius 1 is 1.19 bits per heavy atom. The molecule has 0 radical (unpaired) electrons. The predicted molar refractivity (Wildman–Crippen MR) is 68.6 cm³/mol. The van der Waals surface area contributed by atoms with Crippen LogP contribution in [0.4, 0.5) is 13.2 Å². The fourth-order valence-electron chi connectivity index (χ4n) is 2.95. The van der Waals surface area contributed by atoms with Gasteiger partial charge in [0.2, 0.25) is 5.91 Å². The number of rotatable bonds is 4. The van der Waals surface area contributed by atoms with Gasteiger partial charge in [0.05, 0.1) is 13.2 Å². The lowest BCUT2D eigenvalue weighted by atomic mass is 9.96. The Kier molecular flexibility index (Phi) is 5.45. The largest absolute Gasteiger partial charge is 0.397 e. The first kappa shape index (κ1) is 16.5. The number of aliphatic hydroxyl groups is 1. The second kappa shape index (κ2) is 6.93. The number of hydrogen-bond donors (Lipinski definition) is 1. The number of carbonyl (C=O) groups is 1. The summed E-state index contributed by atoms with van der Waals surface area (Å²) in [7, 11) is 0. The van der Waals surface area contributed by atoms with Gasteiger partial charge in [0.25, 0.3) is 0 Å². The van der Waals surface area contributed by atoms with Crippen molar-refractivity contribution in [1.29, 1.82) is 0 Å². The fraction of sp³-hybridized carbons (Fsp3) is 0.923. The van der Waals surface area contributed by atoms with Crippen LogP contribution in [0.2, 0.25) is 0 Å². The molecule has 1 N–H and O–H groups in total. The molecule has 5 nitrogen and oxygen atoms in total. The van der Waals surface area contributed by atoms with Gasteiger partial charge < -0.3 is 14.7 Å². The van der Waals surface area contributed by atoms with E-state index in [4.69, 9.17) is 4.74 Å². The van der Waals surface area contributed by atoms with Crippen LogP contribution in [0.5, 0.6) is 0 Å². The molecule has 0 aromatic rings. The maximum atomic E-state index is 12.3. The van der Waals surface area contributed by atoms with Crippen LogP contribution in [0, 0.1) is 11.8 Å². The van der Waals surface area contributed by atoms with Crippen molar-refractivity contribution in [3.8, 4) is 0 Å². The van der Waals surface area contributed by atoms with Crippen molar-refractivity contribution in [2.24, 2.45) is 11.8 Å². The van der Waals surface area contributed by atoms with Crippen LogP contribution in [0.25, 0.3) is 0 Å². The van der Waals surface area contributed by atoms with Crippen LogP contribution < -0.4 is 0 Å². The summed E-state index contributed by atoms with van der Waals surface area (Å²) in [6.07, 6.45) is -5.90. The van der Waals surface area contributed by atoms with Gasteiger partial charge in [0.1, 0.15) is 6.42 Å². The lowest BCUT2D eigenvalue weighted by Crippen LogP contribution is -2.41. The molecule has 0 saturated carbocycles. The normalized spacial score (nSPS) is 28.1. The molecule has 0 spiro atoms. The molecule has 2 fully saturated rings. The summed E-state index contributed by atoms with van der Waals surface area (Å²) < 4.78 is 42.1. The maximum absolute atomic E-state index is 12.3. The Morgan fingerprint density at radius 3 is 2.38 bits per heavy atom. The van der Waals surface area contributed by atoms with E-state index in [0.29, 0.717) is 19.8 Å². The minimum absolute atomic E-state index is 0.0188. The second-order valence-electron chi connectivity index (χ2n) is 5.71. The molecule has 0 bridgehead atoms. The number of morpholine rings is 1. The predicted octanol–water partition coefficient (Wildman–Crippen LogP) is 0.338. The topological polar surface area (TPSA) is 53.0 Å². The molecule has 2 aliphatic heterocycles. The molecule has 2 atom stereocenters. The number of amides is 1. The van der Waals surface area contributed by atoms with Gasteiger partial charge >= 0.3 is 6.18 Å². The molecule has 2 aliphatic rings. The van der Waals surface area contributed by atoms with Crippen LogP contribution in [-0.4, -0.2) is 79.5 Å². The minimum atomic E-state index is -4.48. The smallest absolute Gasteiger partial charge is 0.396 e. The van der Waals surface area contributed by atoms with Crippen molar-refractivity contribution in [2.45, 2.75) is 12.6 Å². The summed E-state index contributed by atoms with van der Waals surface area (Å²) in [5.41, 5.74) is 0. The highest BCUT2D eigenvalue weighted by Crippen LogP contribution is 2.28. The van der Waals surface area contributed by atoms with Crippen LogP contribution in [0.1, 0.15) is 6.42 Å². The maximum Gasteiger partial charge on any atom is 0.397 e. The molecule has 0 aromatic carbocycles. The van der Waals surface area contributed by atoms with Gasteiger partial charge in [-0.15, -0.1) is 0 Å². The fourth-order valence-corrected chi connectivity index (χ4v) is 2.95. The zero-order chi connectivity index (χ0) is 15.5. The monoisotopic (exact) mass is 310 g/mol. The van der Waals surface area contributed by atoms with Crippen LogP contribution in [0.15, 0.2) is 0 Å². The third-order valence-corrected chi connectivity index (χ3v) is 4.11. The van der Waals surface area contributed by atoms with E-state index >= 15 is 0 Å². The molecule has 0 unspecified atom stereocenters. The molecule has 0 aromatic heterocycles. The van der Waals surface area contributed by atoms with E-state index in [2.05, 4.69) is 4.90 Å². The summed E-state index contributed by atoms with van der Waals surface area (Å²) in [6.45, 7) is 3.93. The molecular weight excluding hydrogens is 289 g/mol. The molecule has 21 heavy (non-hydrogen) atoms. The average molecular weight is 310 g/mol. The third-order valence-electron chi connectivity index (χ3n) is 4.11. The van der Waals surface area contributed by atoms with Gasteiger partial charge in [-0.3, -0.25) is 9.69 Å². The van der Waals surface area contributed by atoms with Crippen LogP contribution >= 0.6 is 0 Å². The Hall–Kier alpha value is -0.860. The van der Waals surface area contributed by atoms with E-state index in [1.165, 1.54) is 4.90 Å². The summed E-state index contributed by atoms with van der Waals surface area (Å²) >= 11 is 0. The summed E-state index contributed by atoms with van der Waals surface area (Å²) in [6, 6.07) is 0. The third kappa shape index (κ3) is 4.82. The average Bonchev–Trinajstić information content (AvgIpc) is 2.81. The Bertz CT molecular complexity index is 359. The number of aliphatic hydroxyl groups excluding tert-OH is 1. The van der Waals surface area contributed by atoms with Crippen molar-refractivity contribution in [1.82, 2.24) is 9.80 Å². The Labute approximate surface area is 121 Å². The van der Waals surface area contributed by atoms with Crippen LogP contribution in [-0.2, 0) is 9.53 Å². The molecule has 8 heteroatoms. The summed E-state index contributed by atoms with van der Waals surface area (Å²) in [5, 5.41) is 9.39. The van der Waals surface area contributed by atoms with Crippen LogP contribution in [0.3, 0.4) is 0 Å². The summed E-state index contributed by atoms with van der Waals surface area (Å²) in [4.78, 5) is 15.1. The molecule has 2 saturated heterocycles. The highest BCUT2D eigenvalue weighted by Gasteiger charge is 2.40. The van der Waals surface area contributed by atoms with Gasteiger partial charge in [0.15, 0.2) is 0 Å². The van der Waals surface area contributed by atoms with Crippen molar-refractivity contribution in [3.05, 3.63) is 0 Å². The SMILES string of the molecule is O=C(CC(F)(F)F)N1C[C@@H](CN2CCOCC2)[C@@H](CO)C1. The number of ether oxygens (including phenoxy) is 1. The van der Waals surface area contributed by atoms with Crippen molar-refractivity contribution >= 4 is 5.91 Å². The van der Waals surface area contributed by atoms with Gasteiger partial charge in [-0.1, -0.05) is 0 Å². The van der Waals surface area contributed by atoms with Crippen molar-refractivity contribution in [2.75, 3.05) is 52.5 Å². The number of carbonyl (C=O) groups excluding carboxylic acids is 1. The van der Waals surface area contributed by atoms with E-state index in [9.17, 15) is 23.1 Å². The van der Waals surface area contributed by atoms with Gasteiger partial charge in [-0.25, -0.2) is 0 Å². The van der Waals surface area contributed by atoms with Gasteiger partial charge in [-0.2, -0.15) is 13.2 Å². The molecule has 1 amide bonds. The Morgan fingerprint density at radius 2 is 1.81 bits per heavy atom. The van der Waals surface area contributed by atoms with E-state index < -0.39 is 18.5 Å². The minimum Gasteiger partial charge on any atom is -0.396 e. The highest BCUT2D eigenvalue weighted by atomic mass is 19.4. The first-order valence-electron chi connectivity index (χ1n) is 7.14. The zero-order valence-electron chi connectivity index (χ0n) is 11.8. The molecule has 2 heterocycles. The van der Waals surface area contributed by atoms with Gasteiger partial charge in [-0.05, 0) is 5.92 Å². The lowest BCUT2D eigenvalue weighted by Gasteiger charge is -2.30.